The second-order valence-corrected chi connectivity index (χ2v) is 11.3. The molecule has 1 amide bonds. The average molecular weight is 480 g/mol. The molecule has 2 aromatic rings. The first-order valence-electron chi connectivity index (χ1n) is 11.2. The van der Waals surface area contributed by atoms with Crippen LogP contribution in [0.3, 0.4) is 0 Å². The molecule has 0 bridgehead atoms. The number of hydrogen-bond acceptors (Lipinski definition) is 6. The summed E-state index contributed by atoms with van der Waals surface area (Å²) in [5, 5.41) is 12.2. The molecule has 1 aromatic carbocycles. The van der Waals surface area contributed by atoms with Crippen molar-refractivity contribution >= 4 is 27.7 Å². The summed E-state index contributed by atoms with van der Waals surface area (Å²) >= 11 is 1.38. The fraction of sp³-hybridized carbons (Fsp3) is 0.591. The number of carbonyl (C=O) groups excluding carboxylic acids is 1. The van der Waals surface area contributed by atoms with Crippen LogP contribution in [0.1, 0.15) is 59.9 Å². The van der Waals surface area contributed by atoms with Crippen LogP contribution in [0, 0.1) is 0 Å². The molecule has 1 N–H and O–H groups in total. The highest BCUT2D eigenvalue weighted by Crippen LogP contribution is 2.32. The van der Waals surface area contributed by atoms with Gasteiger partial charge in [0.15, 0.2) is 11.0 Å². The number of sulfonamides is 1. The summed E-state index contributed by atoms with van der Waals surface area (Å²) in [6.07, 6.45) is 2.94. The topological polar surface area (TPSA) is 97.2 Å². The SMILES string of the molecule is CC[C@@H](C)n1c(S[C@H](C)C(=O)NC2CC2)nnc1-c1cccc(S(=O)(=O)N(CC)CC)c1. The Balaban J connectivity index is 1.95. The zero-order valence-corrected chi connectivity index (χ0v) is 21.0. The molecule has 176 valence electrons. The van der Waals surface area contributed by atoms with Gasteiger partial charge in [0, 0.05) is 30.7 Å². The second-order valence-electron chi connectivity index (χ2n) is 8.09. The van der Waals surface area contributed by atoms with E-state index in [2.05, 4.69) is 29.4 Å². The lowest BCUT2D eigenvalue weighted by atomic mass is 10.2. The highest BCUT2D eigenvalue weighted by molar-refractivity contribution is 8.00. The van der Waals surface area contributed by atoms with Crippen LogP contribution in [0.25, 0.3) is 11.4 Å². The van der Waals surface area contributed by atoms with E-state index >= 15 is 0 Å². The molecule has 1 aliphatic carbocycles. The number of thioether (sulfide) groups is 1. The fourth-order valence-corrected chi connectivity index (χ4v) is 5.86. The third kappa shape index (κ3) is 5.35. The van der Waals surface area contributed by atoms with Crippen molar-refractivity contribution in [2.45, 2.75) is 81.3 Å². The van der Waals surface area contributed by atoms with Crippen LogP contribution in [0.4, 0.5) is 0 Å². The van der Waals surface area contributed by atoms with Gasteiger partial charge < -0.3 is 5.32 Å². The predicted octanol–water partition coefficient (Wildman–Crippen LogP) is 3.71. The molecule has 1 fully saturated rings. The monoisotopic (exact) mass is 479 g/mol. The lowest BCUT2D eigenvalue weighted by molar-refractivity contribution is -0.120. The van der Waals surface area contributed by atoms with Crippen LogP contribution in [0.5, 0.6) is 0 Å². The van der Waals surface area contributed by atoms with Crippen molar-refractivity contribution in [1.82, 2.24) is 24.4 Å². The van der Waals surface area contributed by atoms with Gasteiger partial charge >= 0.3 is 0 Å². The van der Waals surface area contributed by atoms with Gasteiger partial charge in [-0.3, -0.25) is 9.36 Å². The van der Waals surface area contributed by atoms with E-state index in [0.29, 0.717) is 35.7 Å². The highest BCUT2D eigenvalue weighted by Gasteiger charge is 2.28. The number of amides is 1. The van der Waals surface area contributed by atoms with Crippen LogP contribution in [-0.4, -0.2) is 57.8 Å². The quantitative estimate of drug-likeness (QED) is 0.494. The molecular weight excluding hydrogens is 446 g/mol. The van der Waals surface area contributed by atoms with Crippen LogP contribution in [0.2, 0.25) is 0 Å². The molecular formula is C22H33N5O3S2. The Morgan fingerprint density at radius 2 is 1.91 bits per heavy atom. The van der Waals surface area contributed by atoms with Crippen LogP contribution in [-0.2, 0) is 14.8 Å². The van der Waals surface area contributed by atoms with Crippen LogP contribution in [0.15, 0.2) is 34.3 Å². The zero-order valence-electron chi connectivity index (χ0n) is 19.4. The maximum atomic E-state index is 13.0. The number of nitrogens with one attached hydrogen (secondary N) is 1. The standard InChI is InChI=1S/C22H33N5O3S2/c1-6-15(4)27-20(24-25-22(27)31-16(5)21(28)23-18-12-13-18)17-10-9-11-19(14-17)32(29,30)26(7-2)8-3/h9-11,14-16,18H,6-8,12-13H2,1-5H3,(H,23,28)/t15-,16-/m1/s1. The van der Waals surface area contributed by atoms with E-state index in [-0.39, 0.29) is 22.1 Å². The van der Waals surface area contributed by atoms with Crippen molar-refractivity contribution in [2.75, 3.05) is 13.1 Å². The Hall–Kier alpha value is -1.91. The third-order valence-electron chi connectivity index (χ3n) is 5.71. The molecule has 0 aliphatic heterocycles. The summed E-state index contributed by atoms with van der Waals surface area (Å²) in [7, 11) is -3.58. The van der Waals surface area contributed by atoms with Gasteiger partial charge in [0.05, 0.1) is 10.1 Å². The van der Waals surface area contributed by atoms with Crippen molar-refractivity contribution in [1.29, 1.82) is 0 Å². The van der Waals surface area contributed by atoms with E-state index in [9.17, 15) is 13.2 Å². The predicted molar refractivity (Wildman–Crippen MR) is 127 cm³/mol. The van der Waals surface area contributed by atoms with Crippen LogP contribution >= 0.6 is 11.8 Å². The summed E-state index contributed by atoms with van der Waals surface area (Å²) in [5.41, 5.74) is 0.688. The summed E-state index contributed by atoms with van der Waals surface area (Å²) in [6.45, 7) is 10.5. The lowest BCUT2D eigenvalue weighted by Crippen LogP contribution is -2.32. The number of carbonyl (C=O) groups is 1. The summed E-state index contributed by atoms with van der Waals surface area (Å²) in [4.78, 5) is 12.7. The molecule has 0 saturated heterocycles. The summed E-state index contributed by atoms with van der Waals surface area (Å²) in [5.74, 6) is 0.610. The molecule has 3 rings (SSSR count). The largest absolute Gasteiger partial charge is 0.352 e. The minimum absolute atomic E-state index is 0.00469. The van der Waals surface area contributed by atoms with Gasteiger partial charge in [-0.2, -0.15) is 4.31 Å². The van der Waals surface area contributed by atoms with Crippen molar-refractivity contribution < 1.29 is 13.2 Å². The van der Waals surface area contributed by atoms with Crippen molar-refractivity contribution in [3.05, 3.63) is 24.3 Å². The molecule has 1 saturated carbocycles. The molecule has 0 unspecified atom stereocenters. The number of nitrogens with zero attached hydrogens (tertiary/aromatic N) is 4. The summed E-state index contributed by atoms with van der Waals surface area (Å²) in [6, 6.07) is 7.25. The lowest BCUT2D eigenvalue weighted by Gasteiger charge is -2.20. The molecule has 2 atom stereocenters. The number of hydrogen-bond donors (Lipinski definition) is 1. The Labute approximate surface area is 195 Å². The average Bonchev–Trinajstić information content (AvgIpc) is 3.50. The Morgan fingerprint density at radius 1 is 1.22 bits per heavy atom. The van der Waals surface area contributed by atoms with E-state index < -0.39 is 10.0 Å². The van der Waals surface area contributed by atoms with Crippen molar-refractivity contribution in [3.8, 4) is 11.4 Å². The van der Waals surface area contributed by atoms with E-state index in [1.165, 1.54) is 16.1 Å². The first-order valence-corrected chi connectivity index (χ1v) is 13.6. The molecule has 10 heteroatoms. The maximum absolute atomic E-state index is 13.0. The molecule has 1 aliphatic rings. The molecule has 1 aromatic heterocycles. The van der Waals surface area contributed by atoms with Gasteiger partial charge in [0.25, 0.3) is 0 Å². The van der Waals surface area contributed by atoms with Gasteiger partial charge in [0.1, 0.15) is 0 Å². The molecule has 8 nitrogen and oxygen atoms in total. The Kier molecular flexibility index (Phi) is 8.00. The minimum Gasteiger partial charge on any atom is -0.352 e. The van der Waals surface area contributed by atoms with E-state index in [1.807, 2.05) is 31.4 Å². The van der Waals surface area contributed by atoms with E-state index in [1.54, 1.807) is 18.2 Å². The van der Waals surface area contributed by atoms with Crippen molar-refractivity contribution in [3.63, 3.8) is 0 Å². The zero-order chi connectivity index (χ0) is 23.5. The van der Waals surface area contributed by atoms with Gasteiger partial charge in [-0.1, -0.05) is 44.7 Å². The van der Waals surface area contributed by atoms with E-state index in [0.717, 1.165) is 19.3 Å². The Morgan fingerprint density at radius 3 is 2.50 bits per heavy atom. The Bertz CT molecular complexity index is 1050. The highest BCUT2D eigenvalue weighted by atomic mass is 32.2. The van der Waals surface area contributed by atoms with Crippen LogP contribution < -0.4 is 5.32 Å². The number of rotatable bonds is 11. The second kappa shape index (κ2) is 10.4. The normalized spacial score (nSPS) is 16.2. The third-order valence-corrected chi connectivity index (χ3v) is 8.81. The van der Waals surface area contributed by atoms with Gasteiger partial charge in [-0.05, 0) is 45.2 Å². The van der Waals surface area contributed by atoms with Gasteiger partial charge in [-0.15, -0.1) is 10.2 Å². The smallest absolute Gasteiger partial charge is 0.243 e. The first kappa shape index (κ1) is 24.7. The minimum atomic E-state index is -3.58. The maximum Gasteiger partial charge on any atom is 0.243 e. The van der Waals surface area contributed by atoms with Gasteiger partial charge in [-0.25, -0.2) is 8.42 Å². The molecule has 0 spiro atoms. The first-order chi connectivity index (χ1) is 15.2. The van der Waals surface area contributed by atoms with Crippen molar-refractivity contribution in [2.24, 2.45) is 0 Å². The fourth-order valence-electron chi connectivity index (χ4n) is 3.40. The molecule has 0 radical (unpaired) electrons. The number of aromatic nitrogens is 3. The molecule has 32 heavy (non-hydrogen) atoms. The van der Waals surface area contributed by atoms with Gasteiger partial charge in [0.2, 0.25) is 15.9 Å². The number of benzene rings is 1. The summed E-state index contributed by atoms with van der Waals surface area (Å²) < 4.78 is 29.5. The molecule has 1 heterocycles. The van der Waals surface area contributed by atoms with E-state index in [4.69, 9.17) is 0 Å².